The van der Waals surface area contributed by atoms with Gasteiger partial charge in [0.2, 0.25) is 0 Å². The molecule has 0 saturated carbocycles. The lowest BCUT2D eigenvalue weighted by Crippen LogP contribution is -2.12. The fourth-order valence-corrected chi connectivity index (χ4v) is 1.77. The summed E-state index contributed by atoms with van der Waals surface area (Å²) in [7, 11) is 1.42. The highest BCUT2D eigenvalue weighted by Gasteiger charge is 2.14. The fraction of sp³-hybridized carbons (Fsp3) is 0.0667. The summed E-state index contributed by atoms with van der Waals surface area (Å²) < 4.78 is 5.11. The lowest BCUT2D eigenvalue weighted by molar-refractivity contribution is 0.102. The first-order valence-corrected chi connectivity index (χ1v) is 5.96. The van der Waals surface area contributed by atoms with Crippen LogP contribution in [0.5, 0.6) is 17.2 Å². The van der Waals surface area contributed by atoms with Crippen LogP contribution in [-0.2, 0) is 0 Å². The number of nitriles is 1. The normalized spacial score (nSPS) is 9.71. The average molecular weight is 284 g/mol. The van der Waals surface area contributed by atoms with E-state index in [2.05, 4.69) is 5.32 Å². The van der Waals surface area contributed by atoms with Crippen molar-refractivity contribution in [2.45, 2.75) is 0 Å². The van der Waals surface area contributed by atoms with Gasteiger partial charge in [0.15, 0.2) is 0 Å². The molecule has 0 aliphatic carbocycles. The third kappa shape index (κ3) is 3.04. The number of rotatable bonds is 3. The lowest BCUT2D eigenvalue weighted by atomic mass is 10.1. The van der Waals surface area contributed by atoms with Crippen molar-refractivity contribution in [3.05, 3.63) is 47.5 Å². The van der Waals surface area contributed by atoms with Crippen LogP contribution in [0.25, 0.3) is 0 Å². The van der Waals surface area contributed by atoms with Crippen molar-refractivity contribution in [3.8, 4) is 23.3 Å². The van der Waals surface area contributed by atoms with Crippen molar-refractivity contribution in [1.82, 2.24) is 0 Å². The van der Waals surface area contributed by atoms with Crippen LogP contribution in [0.2, 0.25) is 0 Å². The average Bonchev–Trinajstić information content (AvgIpc) is 2.47. The molecule has 0 aliphatic heterocycles. The predicted molar refractivity (Wildman–Crippen MR) is 75.4 cm³/mol. The lowest BCUT2D eigenvalue weighted by Gasteiger charge is -2.11. The van der Waals surface area contributed by atoms with Crippen LogP contribution in [0.4, 0.5) is 5.69 Å². The van der Waals surface area contributed by atoms with Crippen LogP contribution in [0, 0.1) is 11.3 Å². The van der Waals surface area contributed by atoms with Gasteiger partial charge in [-0.05, 0) is 24.3 Å². The molecule has 0 radical (unpaired) electrons. The Morgan fingerprint density at radius 2 is 2.00 bits per heavy atom. The standard InChI is InChI=1S/C15H12N2O4/c1-21-14-6-9(8-16)2-5-12(14)17-15(20)11-4-3-10(18)7-13(11)19/h2-7,18-19H,1H3,(H,17,20). The number of carbonyl (C=O) groups is 1. The number of hydrogen-bond acceptors (Lipinski definition) is 5. The van der Waals surface area contributed by atoms with Gasteiger partial charge in [-0.1, -0.05) is 0 Å². The Labute approximate surface area is 120 Å². The second kappa shape index (κ2) is 5.84. The molecule has 1 amide bonds. The first-order chi connectivity index (χ1) is 10.0. The molecule has 21 heavy (non-hydrogen) atoms. The zero-order valence-electron chi connectivity index (χ0n) is 11.1. The number of methoxy groups -OCH3 is 1. The Hall–Kier alpha value is -3.20. The summed E-state index contributed by atoms with van der Waals surface area (Å²) in [6, 6.07) is 10.2. The van der Waals surface area contributed by atoms with E-state index in [1.165, 1.54) is 37.4 Å². The maximum atomic E-state index is 12.1. The van der Waals surface area contributed by atoms with Gasteiger partial charge in [-0.15, -0.1) is 0 Å². The molecule has 106 valence electrons. The van der Waals surface area contributed by atoms with Crippen LogP contribution in [-0.4, -0.2) is 23.2 Å². The Kier molecular flexibility index (Phi) is 3.95. The van der Waals surface area contributed by atoms with E-state index in [9.17, 15) is 15.0 Å². The molecule has 0 fully saturated rings. The zero-order chi connectivity index (χ0) is 15.4. The number of phenolic OH excluding ortho intramolecular Hbond substituents is 2. The number of ether oxygens (including phenoxy) is 1. The second-order valence-electron chi connectivity index (χ2n) is 4.18. The van der Waals surface area contributed by atoms with E-state index < -0.39 is 5.91 Å². The SMILES string of the molecule is COc1cc(C#N)ccc1NC(=O)c1ccc(O)cc1O. The third-order valence-electron chi connectivity index (χ3n) is 2.80. The molecule has 3 N–H and O–H groups in total. The van der Waals surface area contributed by atoms with Crippen molar-refractivity contribution in [1.29, 1.82) is 5.26 Å². The fourth-order valence-electron chi connectivity index (χ4n) is 1.77. The Balaban J connectivity index is 2.29. The van der Waals surface area contributed by atoms with Gasteiger partial charge >= 0.3 is 0 Å². The van der Waals surface area contributed by atoms with E-state index in [-0.39, 0.29) is 17.1 Å². The number of amides is 1. The minimum Gasteiger partial charge on any atom is -0.508 e. The van der Waals surface area contributed by atoms with Gasteiger partial charge < -0.3 is 20.3 Å². The molecular formula is C15H12N2O4. The number of phenols is 2. The van der Waals surface area contributed by atoms with E-state index in [0.717, 1.165) is 6.07 Å². The van der Waals surface area contributed by atoms with Gasteiger partial charge in [0, 0.05) is 12.1 Å². The third-order valence-corrected chi connectivity index (χ3v) is 2.80. The molecule has 0 bridgehead atoms. The van der Waals surface area contributed by atoms with E-state index in [1.807, 2.05) is 6.07 Å². The zero-order valence-corrected chi connectivity index (χ0v) is 11.1. The van der Waals surface area contributed by atoms with Crippen molar-refractivity contribution in [3.63, 3.8) is 0 Å². The largest absolute Gasteiger partial charge is 0.508 e. The van der Waals surface area contributed by atoms with Gasteiger partial charge in [-0.25, -0.2) is 0 Å². The van der Waals surface area contributed by atoms with E-state index in [4.69, 9.17) is 10.00 Å². The highest BCUT2D eigenvalue weighted by molar-refractivity contribution is 6.06. The molecule has 0 aromatic heterocycles. The molecule has 0 heterocycles. The van der Waals surface area contributed by atoms with Gasteiger partial charge in [-0.2, -0.15) is 5.26 Å². The number of carbonyl (C=O) groups excluding carboxylic acids is 1. The van der Waals surface area contributed by atoms with Crippen LogP contribution in [0.1, 0.15) is 15.9 Å². The number of anilines is 1. The molecule has 6 heteroatoms. The van der Waals surface area contributed by atoms with Gasteiger partial charge in [0.05, 0.1) is 30.0 Å². The van der Waals surface area contributed by atoms with E-state index in [1.54, 1.807) is 0 Å². The van der Waals surface area contributed by atoms with E-state index in [0.29, 0.717) is 17.0 Å². The van der Waals surface area contributed by atoms with Crippen LogP contribution < -0.4 is 10.1 Å². The summed E-state index contributed by atoms with van der Waals surface area (Å²) in [4.78, 5) is 12.1. The van der Waals surface area contributed by atoms with Gasteiger partial charge in [0.25, 0.3) is 5.91 Å². The predicted octanol–water partition coefficient (Wildman–Crippen LogP) is 2.23. The number of nitrogens with one attached hydrogen (secondary N) is 1. The Morgan fingerprint density at radius 1 is 1.24 bits per heavy atom. The van der Waals surface area contributed by atoms with Crippen molar-refractivity contribution >= 4 is 11.6 Å². The number of aromatic hydroxyl groups is 2. The molecule has 6 nitrogen and oxygen atoms in total. The van der Waals surface area contributed by atoms with Crippen molar-refractivity contribution < 1.29 is 19.7 Å². The summed E-state index contributed by atoms with van der Waals surface area (Å²) >= 11 is 0. The van der Waals surface area contributed by atoms with Gasteiger partial charge in [0.1, 0.15) is 17.2 Å². The summed E-state index contributed by atoms with van der Waals surface area (Å²) in [6.07, 6.45) is 0. The van der Waals surface area contributed by atoms with Crippen LogP contribution >= 0.6 is 0 Å². The second-order valence-corrected chi connectivity index (χ2v) is 4.18. The molecule has 2 rings (SSSR count). The molecular weight excluding hydrogens is 272 g/mol. The Morgan fingerprint density at radius 3 is 2.62 bits per heavy atom. The van der Waals surface area contributed by atoms with Crippen molar-refractivity contribution in [2.24, 2.45) is 0 Å². The maximum Gasteiger partial charge on any atom is 0.259 e. The van der Waals surface area contributed by atoms with Crippen LogP contribution in [0.15, 0.2) is 36.4 Å². The summed E-state index contributed by atoms with van der Waals surface area (Å²) in [5, 5.41) is 30.3. The minimum absolute atomic E-state index is 0.0132. The number of nitrogens with zero attached hydrogens (tertiary/aromatic N) is 1. The molecule has 0 saturated heterocycles. The quantitative estimate of drug-likeness (QED) is 0.802. The van der Waals surface area contributed by atoms with Gasteiger partial charge in [-0.3, -0.25) is 4.79 Å². The molecule has 0 spiro atoms. The first kappa shape index (κ1) is 14.2. The molecule has 0 aliphatic rings. The topological polar surface area (TPSA) is 103 Å². The van der Waals surface area contributed by atoms with Crippen LogP contribution in [0.3, 0.4) is 0 Å². The highest BCUT2D eigenvalue weighted by Crippen LogP contribution is 2.28. The summed E-state index contributed by atoms with van der Waals surface area (Å²) in [5.41, 5.74) is 0.783. The summed E-state index contributed by atoms with van der Waals surface area (Å²) in [5.74, 6) is -0.698. The van der Waals surface area contributed by atoms with E-state index >= 15 is 0 Å². The molecule has 2 aromatic carbocycles. The monoisotopic (exact) mass is 284 g/mol. The summed E-state index contributed by atoms with van der Waals surface area (Å²) in [6.45, 7) is 0. The first-order valence-electron chi connectivity index (χ1n) is 5.96. The molecule has 0 unspecified atom stereocenters. The highest BCUT2D eigenvalue weighted by atomic mass is 16.5. The maximum absolute atomic E-state index is 12.1. The molecule has 0 atom stereocenters. The minimum atomic E-state index is -0.560. The number of hydrogen-bond donors (Lipinski definition) is 3. The Bertz CT molecular complexity index is 735. The number of benzene rings is 2. The van der Waals surface area contributed by atoms with Crippen molar-refractivity contribution in [2.75, 3.05) is 12.4 Å². The smallest absolute Gasteiger partial charge is 0.259 e. The molecule has 2 aromatic rings.